The van der Waals surface area contributed by atoms with E-state index in [1.165, 1.54) is 12.1 Å². The maximum absolute atomic E-state index is 13.2. The molecule has 2 aliphatic heterocycles. The van der Waals surface area contributed by atoms with Crippen molar-refractivity contribution < 1.29 is 18.0 Å². The zero-order chi connectivity index (χ0) is 26.3. The summed E-state index contributed by atoms with van der Waals surface area (Å²) >= 11 is 0. The molecule has 0 saturated carbocycles. The van der Waals surface area contributed by atoms with Gasteiger partial charge in [0.15, 0.2) is 0 Å². The minimum atomic E-state index is -3.61. The Morgan fingerprint density at radius 1 is 1.00 bits per heavy atom. The van der Waals surface area contributed by atoms with Crippen LogP contribution < -0.4 is 10.2 Å². The van der Waals surface area contributed by atoms with Crippen LogP contribution in [-0.4, -0.2) is 44.2 Å². The van der Waals surface area contributed by atoms with Crippen molar-refractivity contribution >= 4 is 44.0 Å². The predicted octanol–water partition coefficient (Wildman–Crippen LogP) is 5.52. The van der Waals surface area contributed by atoms with Crippen molar-refractivity contribution in [2.45, 2.75) is 44.9 Å². The molecular weight excluding hydrogens is 486 g/mol. The highest BCUT2D eigenvalue weighted by Crippen LogP contribution is 2.40. The van der Waals surface area contributed by atoms with Crippen LogP contribution in [0.3, 0.4) is 0 Å². The van der Waals surface area contributed by atoms with Gasteiger partial charge < -0.3 is 10.2 Å². The van der Waals surface area contributed by atoms with Crippen LogP contribution in [0.2, 0.25) is 0 Å². The zero-order valence-corrected chi connectivity index (χ0v) is 22.3. The van der Waals surface area contributed by atoms with Crippen molar-refractivity contribution in [1.29, 1.82) is 0 Å². The highest BCUT2D eigenvalue weighted by atomic mass is 32.2. The summed E-state index contributed by atoms with van der Waals surface area (Å²) in [6.07, 6.45) is 2.93. The van der Waals surface area contributed by atoms with Crippen LogP contribution >= 0.6 is 0 Å². The SMILES string of the molecule is CCCCN1C(=O)c2cccc3c(NC(=O)c4ccc(S(=O)(=O)N5CC(C)CC(C)C5)cc4)ccc1c23. The van der Waals surface area contributed by atoms with E-state index in [0.29, 0.717) is 48.3 Å². The lowest BCUT2D eigenvalue weighted by molar-refractivity contribution is 0.0991. The Hall–Kier alpha value is -3.23. The molecule has 1 fully saturated rings. The Morgan fingerprint density at radius 2 is 1.70 bits per heavy atom. The van der Waals surface area contributed by atoms with Gasteiger partial charge in [-0.1, -0.05) is 39.3 Å². The minimum absolute atomic E-state index is 0.00758. The number of sulfonamides is 1. The van der Waals surface area contributed by atoms with Crippen molar-refractivity contribution in [3.63, 3.8) is 0 Å². The largest absolute Gasteiger partial charge is 0.321 e. The van der Waals surface area contributed by atoms with Crippen LogP contribution in [0.1, 0.15) is 60.7 Å². The monoisotopic (exact) mass is 519 g/mol. The van der Waals surface area contributed by atoms with Crippen LogP contribution in [0.5, 0.6) is 0 Å². The molecule has 0 radical (unpaired) electrons. The molecule has 1 N–H and O–H groups in total. The first-order valence-corrected chi connectivity index (χ1v) is 14.4. The number of amides is 2. The van der Waals surface area contributed by atoms with Crippen molar-refractivity contribution in [3.8, 4) is 0 Å². The molecule has 3 aromatic rings. The van der Waals surface area contributed by atoms with Gasteiger partial charge in [-0.15, -0.1) is 0 Å². The fourth-order valence-electron chi connectivity index (χ4n) is 5.62. The maximum Gasteiger partial charge on any atom is 0.258 e. The first-order chi connectivity index (χ1) is 17.7. The summed E-state index contributed by atoms with van der Waals surface area (Å²) in [7, 11) is -3.61. The van der Waals surface area contributed by atoms with Crippen molar-refractivity contribution in [3.05, 3.63) is 65.7 Å². The molecule has 8 heteroatoms. The molecule has 3 aromatic carbocycles. The van der Waals surface area contributed by atoms with Crippen LogP contribution in [-0.2, 0) is 10.0 Å². The summed E-state index contributed by atoms with van der Waals surface area (Å²) in [6, 6.07) is 15.4. The smallest absolute Gasteiger partial charge is 0.258 e. The summed E-state index contributed by atoms with van der Waals surface area (Å²) in [5, 5.41) is 4.62. The van der Waals surface area contributed by atoms with Crippen LogP contribution in [0, 0.1) is 11.8 Å². The zero-order valence-electron chi connectivity index (χ0n) is 21.5. The summed E-state index contributed by atoms with van der Waals surface area (Å²) in [4.78, 5) is 28.1. The lowest BCUT2D eigenvalue weighted by Crippen LogP contribution is -2.42. The number of carbonyl (C=O) groups is 2. The fraction of sp³-hybridized carbons (Fsp3) is 0.379. The maximum atomic E-state index is 13.2. The predicted molar refractivity (Wildman–Crippen MR) is 147 cm³/mol. The topological polar surface area (TPSA) is 86.8 Å². The molecule has 2 atom stereocenters. The van der Waals surface area contributed by atoms with E-state index in [-0.39, 0.29) is 16.7 Å². The summed E-state index contributed by atoms with van der Waals surface area (Å²) in [6.45, 7) is 7.93. The molecule has 0 aromatic heterocycles. The Kier molecular flexibility index (Phi) is 6.81. The van der Waals surface area contributed by atoms with E-state index >= 15 is 0 Å². The van der Waals surface area contributed by atoms with Gasteiger partial charge in [0, 0.05) is 47.2 Å². The molecule has 7 nitrogen and oxygen atoms in total. The number of piperidine rings is 1. The van der Waals surface area contributed by atoms with Gasteiger partial charge in [-0.05, 0) is 67.1 Å². The first-order valence-electron chi connectivity index (χ1n) is 13.0. The second kappa shape index (κ2) is 9.91. The quantitative estimate of drug-likeness (QED) is 0.445. The van der Waals surface area contributed by atoms with Crippen molar-refractivity contribution in [2.75, 3.05) is 29.9 Å². The molecule has 0 bridgehead atoms. The average molecular weight is 520 g/mol. The normalized spacial score (nSPS) is 20.0. The number of hydrogen-bond acceptors (Lipinski definition) is 4. The highest BCUT2D eigenvalue weighted by Gasteiger charge is 2.32. The molecule has 2 heterocycles. The molecule has 5 rings (SSSR count). The van der Waals surface area contributed by atoms with E-state index in [9.17, 15) is 18.0 Å². The van der Waals surface area contributed by atoms with E-state index in [4.69, 9.17) is 0 Å². The standard InChI is InChI=1S/C29H33N3O4S/c1-4-5-15-32-26-14-13-25(23-7-6-8-24(27(23)26)29(32)34)30-28(33)21-9-11-22(12-10-21)37(35,36)31-17-19(2)16-20(3)18-31/h6-14,19-20H,4-5,15-18H2,1-3H3,(H,30,33). The number of carbonyl (C=O) groups excluding carboxylic acids is 2. The lowest BCUT2D eigenvalue weighted by atomic mass is 9.94. The summed E-state index contributed by atoms with van der Waals surface area (Å²) in [5.41, 5.74) is 2.50. The third kappa shape index (κ3) is 4.64. The van der Waals surface area contributed by atoms with Gasteiger partial charge >= 0.3 is 0 Å². The van der Waals surface area contributed by atoms with Crippen LogP contribution in [0.15, 0.2) is 59.5 Å². The van der Waals surface area contributed by atoms with Gasteiger partial charge in [0.25, 0.3) is 11.8 Å². The highest BCUT2D eigenvalue weighted by molar-refractivity contribution is 7.89. The third-order valence-corrected chi connectivity index (χ3v) is 9.20. The first kappa shape index (κ1) is 25.4. The Balaban J connectivity index is 1.38. The van der Waals surface area contributed by atoms with E-state index < -0.39 is 10.0 Å². The summed E-state index contributed by atoms with van der Waals surface area (Å²) < 4.78 is 27.9. The van der Waals surface area contributed by atoms with Crippen LogP contribution in [0.4, 0.5) is 11.4 Å². The molecule has 0 aliphatic carbocycles. The van der Waals surface area contributed by atoms with E-state index in [1.54, 1.807) is 16.4 Å². The average Bonchev–Trinajstić information content (AvgIpc) is 3.15. The van der Waals surface area contributed by atoms with Crippen molar-refractivity contribution in [1.82, 2.24) is 4.31 Å². The van der Waals surface area contributed by atoms with Gasteiger partial charge in [-0.2, -0.15) is 4.31 Å². The van der Waals surface area contributed by atoms with Gasteiger partial charge in [0.1, 0.15) is 0 Å². The number of hydrogen-bond donors (Lipinski definition) is 1. The van der Waals surface area contributed by atoms with E-state index in [2.05, 4.69) is 26.1 Å². The second-order valence-corrected chi connectivity index (χ2v) is 12.4. The lowest BCUT2D eigenvalue weighted by Gasteiger charge is -2.34. The number of rotatable bonds is 7. The molecule has 2 aliphatic rings. The summed E-state index contributed by atoms with van der Waals surface area (Å²) in [5.74, 6) is 0.287. The molecule has 2 amide bonds. The van der Waals surface area contributed by atoms with Gasteiger partial charge in [-0.25, -0.2) is 8.42 Å². The van der Waals surface area contributed by atoms with Gasteiger partial charge in [0.05, 0.1) is 10.6 Å². The molecule has 1 saturated heterocycles. The molecule has 2 unspecified atom stereocenters. The molecule has 37 heavy (non-hydrogen) atoms. The van der Waals surface area contributed by atoms with Gasteiger partial charge in [-0.3, -0.25) is 9.59 Å². The Bertz CT molecular complexity index is 1460. The number of unbranched alkanes of at least 4 members (excludes halogenated alkanes) is 1. The number of nitrogens with zero attached hydrogens (tertiary/aromatic N) is 2. The van der Waals surface area contributed by atoms with E-state index in [1.807, 2.05) is 35.2 Å². The van der Waals surface area contributed by atoms with E-state index in [0.717, 1.165) is 35.7 Å². The minimum Gasteiger partial charge on any atom is -0.321 e. The molecule has 0 spiro atoms. The molecule has 194 valence electrons. The van der Waals surface area contributed by atoms with Crippen LogP contribution in [0.25, 0.3) is 10.8 Å². The van der Waals surface area contributed by atoms with Crippen molar-refractivity contribution in [2.24, 2.45) is 11.8 Å². The number of anilines is 2. The number of benzene rings is 3. The molecular formula is C29H33N3O4S. The Labute approximate surface area is 218 Å². The number of nitrogens with one attached hydrogen (secondary N) is 1. The van der Waals surface area contributed by atoms with Gasteiger partial charge in [0.2, 0.25) is 10.0 Å². The second-order valence-electron chi connectivity index (χ2n) is 10.4. The third-order valence-electron chi connectivity index (χ3n) is 7.36. The fourth-order valence-corrected chi connectivity index (χ4v) is 7.30. The Morgan fingerprint density at radius 3 is 2.38 bits per heavy atom.